The van der Waals surface area contributed by atoms with E-state index in [4.69, 9.17) is 11.6 Å². The molecular formula is C17H14ClF2O2S. The van der Waals surface area contributed by atoms with Gasteiger partial charge in [0.15, 0.2) is 9.84 Å². The highest BCUT2D eigenvalue weighted by Crippen LogP contribution is 2.55. The summed E-state index contributed by atoms with van der Waals surface area (Å²) in [7, 11) is -3.89. The lowest BCUT2D eigenvalue weighted by Gasteiger charge is -2.45. The van der Waals surface area contributed by atoms with Crippen LogP contribution in [0.5, 0.6) is 0 Å². The fraction of sp³-hybridized carbons (Fsp3) is 0.235. The van der Waals surface area contributed by atoms with Gasteiger partial charge in [0.1, 0.15) is 16.4 Å². The van der Waals surface area contributed by atoms with Gasteiger partial charge in [0.25, 0.3) is 0 Å². The fourth-order valence-corrected chi connectivity index (χ4v) is 5.52. The van der Waals surface area contributed by atoms with Crippen molar-refractivity contribution in [2.24, 2.45) is 0 Å². The van der Waals surface area contributed by atoms with E-state index in [-0.39, 0.29) is 23.3 Å². The summed E-state index contributed by atoms with van der Waals surface area (Å²) >= 11 is 5.80. The maximum Gasteiger partial charge on any atom is 0.188 e. The Bertz CT molecular complexity index is 841. The average Bonchev–Trinajstić information content (AvgIpc) is 2.46. The molecule has 0 bridgehead atoms. The molecule has 23 heavy (non-hydrogen) atoms. The van der Waals surface area contributed by atoms with Crippen LogP contribution < -0.4 is 0 Å². The van der Waals surface area contributed by atoms with Crippen LogP contribution in [0.25, 0.3) is 0 Å². The van der Waals surface area contributed by atoms with E-state index in [1.54, 1.807) is 0 Å². The number of benzene rings is 2. The molecule has 0 N–H and O–H groups in total. The lowest BCUT2D eigenvalue weighted by Crippen LogP contribution is -2.46. The first-order valence-electron chi connectivity index (χ1n) is 7.03. The highest BCUT2D eigenvalue weighted by atomic mass is 35.5. The Morgan fingerprint density at radius 3 is 2.22 bits per heavy atom. The van der Waals surface area contributed by atoms with Crippen LogP contribution in [0.3, 0.4) is 0 Å². The maximum absolute atomic E-state index is 14.3. The molecule has 1 radical (unpaired) electrons. The van der Waals surface area contributed by atoms with E-state index in [0.717, 1.165) is 24.1 Å². The standard InChI is InChI=1S/C17H14ClF2O2S/c1-11-9-17(10-11,15-8-13(19)4-7-16(15)20)23(21,22)14-5-2-12(18)3-6-14/h2-8H,9-10H2,1H3. The largest absolute Gasteiger partial charge is 0.223 e. The van der Waals surface area contributed by atoms with Gasteiger partial charge in [0.2, 0.25) is 0 Å². The molecule has 0 unspecified atom stereocenters. The molecule has 0 aliphatic heterocycles. The van der Waals surface area contributed by atoms with Crippen LogP contribution in [-0.2, 0) is 14.6 Å². The Morgan fingerprint density at radius 1 is 1.04 bits per heavy atom. The van der Waals surface area contributed by atoms with Gasteiger partial charge in [-0.05, 0) is 61.2 Å². The summed E-state index contributed by atoms with van der Waals surface area (Å²) in [6.45, 7) is 1.81. The first-order valence-corrected chi connectivity index (χ1v) is 8.89. The molecule has 0 atom stereocenters. The van der Waals surface area contributed by atoms with Crippen molar-refractivity contribution in [1.29, 1.82) is 0 Å². The van der Waals surface area contributed by atoms with E-state index in [9.17, 15) is 17.2 Å². The second kappa shape index (κ2) is 5.56. The van der Waals surface area contributed by atoms with Crippen molar-refractivity contribution < 1.29 is 17.2 Å². The van der Waals surface area contributed by atoms with Crippen molar-refractivity contribution in [3.8, 4) is 0 Å². The molecule has 2 nitrogen and oxygen atoms in total. The van der Waals surface area contributed by atoms with Gasteiger partial charge in [-0.1, -0.05) is 18.5 Å². The molecule has 121 valence electrons. The quantitative estimate of drug-likeness (QED) is 0.801. The highest BCUT2D eigenvalue weighted by Gasteiger charge is 2.55. The summed E-state index contributed by atoms with van der Waals surface area (Å²) in [5.74, 6) is -0.431. The van der Waals surface area contributed by atoms with Gasteiger partial charge in [0.05, 0.1) is 4.90 Å². The molecule has 0 amide bonds. The van der Waals surface area contributed by atoms with E-state index in [0.29, 0.717) is 5.02 Å². The number of hydrogen-bond donors (Lipinski definition) is 0. The summed E-state index contributed by atoms with van der Waals surface area (Å²) in [5, 5.41) is 0.409. The molecule has 1 aliphatic rings. The lowest BCUT2D eigenvalue weighted by atomic mass is 9.71. The summed E-state index contributed by atoms with van der Waals surface area (Å²) in [5.41, 5.74) is -0.113. The predicted octanol–water partition coefficient (Wildman–Crippen LogP) is 4.68. The minimum atomic E-state index is -3.89. The average molecular weight is 356 g/mol. The van der Waals surface area contributed by atoms with Gasteiger partial charge < -0.3 is 0 Å². The topological polar surface area (TPSA) is 34.1 Å². The molecule has 0 aromatic heterocycles. The van der Waals surface area contributed by atoms with E-state index in [2.05, 4.69) is 0 Å². The smallest absolute Gasteiger partial charge is 0.188 e. The van der Waals surface area contributed by atoms with Crippen LogP contribution in [0.2, 0.25) is 5.02 Å². The third kappa shape index (κ3) is 2.56. The van der Waals surface area contributed by atoms with Gasteiger partial charge in [-0.2, -0.15) is 0 Å². The predicted molar refractivity (Wildman–Crippen MR) is 84.8 cm³/mol. The molecule has 1 saturated carbocycles. The SMILES string of the molecule is C[C]1CC(c2cc(F)ccc2F)(S(=O)(=O)c2ccc(Cl)cc2)C1. The van der Waals surface area contributed by atoms with Crippen molar-refractivity contribution in [2.45, 2.75) is 29.4 Å². The molecule has 0 saturated heterocycles. The molecule has 2 aromatic rings. The molecule has 2 aromatic carbocycles. The van der Waals surface area contributed by atoms with Gasteiger partial charge in [-0.25, -0.2) is 17.2 Å². The maximum atomic E-state index is 14.3. The highest BCUT2D eigenvalue weighted by molar-refractivity contribution is 7.92. The normalized spacial score (nSPS) is 17.7. The van der Waals surface area contributed by atoms with E-state index >= 15 is 0 Å². The molecule has 0 spiro atoms. The van der Waals surface area contributed by atoms with Crippen molar-refractivity contribution in [3.05, 3.63) is 70.6 Å². The molecule has 0 heterocycles. The zero-order valence-corrected chi connectivity index (χ0v) is 13.9. The van der Waals surface area contributed by atoms with Gasteiger partial charge in [-0.15, -0.1) is 0 Å². The molecular weight excluding hydrogens is 342 g/mol. The first kappa shape index (κ1) is 16.4. The Kier molecular flexibility index (Phi) is 3.97. The van der Waals surface area contributed by atoms with E-state index in [1.807, 2.05) is 6.92 Å². The lowest BCUT2D eigenvalue weighted by molar-refractivity contribution is 0.368. The van der Waals surface area contributed by atoms with E-state index in [1.165, 1.54) is 24.3 Å². The zero-order valence-electron chi connectivity index (χ0n) is 12.3. The molecule has 6 heteroatoms. The monoisotopic (exact) mass is 355 g/mol. The van der Waals surface area contributed by atoms with Gasteiger partial charge in [-0.3, -0.25) is 0 Å². The Morgan fingerprint density at radius 2 is 1.65 bits per heavy atom. The van der Waals surface area contributed by atoms with Crippen molar-refractivity contribution in [2.75, 3.05) is 0 Å². The zero-order chi connectivity index (χ0) is 16.8. The Balaban J connectivity index is 2.18. The van der Waals surface area contributed by atoms with Crippen LogP contribution in [0, 0.1) is 17.6 Å². The summed E-state index contributed by atoms with van der Waals surface area (Å²) in [6, 6.07) is 8.66. The van der Waals surface area contributed by atoms with Crippen LogP contribution in [0.4, 0.5) is 8.78 Å². The Hall–Kier alpha value is -1.46. The van der Waals surface area contributed by atoms with Crippen molar-refractivity contribution in [3.63, 3.8) is 0 Å². The Labute approximate surface area is 139 Å². The first-order chi connectivity index (χ1) is 10.8. The fourth-order valence-electron chi connectivity index (χ4n) is 3.13. The van der Waals surface area contributed by atoms with Crippen LogP contribution in [0.1, 0.15) is 25.3 Å². The van der Waals surface area contributed by atoms with Crippen LogP contribution in [0.15, 0.2) is 47.4 Å². The summed E-state index contributed by atoms with van der Waals surface area (Å²) in [6.07, 6.45) is 0.358. The minimum absolute atomic E-state index is 0.0538. The second-order valence-corrected chi connectivity index (χ2v) is 8.58. The van der Waals surface area contributed by atoms with Gasteiger partial charge in [0, 0.05) is 10.6 Å². The minimum Gasteiger partial charge on any atom is -0.223 e. The number of hydrogen-bond acceptors (Lipinski definition) is 2. The van der Waals surface area contributed by atoms with Crippen molar-refractivity contribution in [1.82, 2.24) is 0 Å². The molecule has 1 aliphatic carbocycles. The second-order valence-electron chi connectivity index (χ2n) is 5.89. The van der Waals surface area contributed by atoms with Crippen LogP contribution in [-0.4, -0.2) is 8.42 Å². The van der Waals surface area contributed by atoms with Crippen molar-refractivity contribution >= 4 is 21.4 Å². The summed E-state index contributed by atoms with van der Waals surface area (Å²) in [4.78, 5) is 0.0538. The molecule has 1 fully saturated rings. The number of halogens is 3. The third-order valence-electron chi connectivity index (χ3n) is 4.23. The third-order valence-corrected chi connectivity index (χ3v) is 6.91. The van der Waals surface area contributed by atoms with E-state index < -0.39 is 26.2 Å². The van der Waals surface area contributed by atoms with Crippen LogP contribution >= 0.6 is 11.6 Å². The van der Waals surface area contributed by atoms with Gasteiger partial charge >= 0.3 is 0 Å². The summed E-state index contributed by atoms with van der Waals surface area (Å²) < 4.78 is 52.6. The molecule has 3 rings (SSSR count). The number of sulfone groups is 1. The number of rotatable bonds is 3.